The van der Waals surface area contributed by atoms with E-state index in [1.54, 1.807) is 17.0 Å². The van der Waals surface area contributed by atoms with Crippen molar-refractivity contribution in [2.24, 2.45) is 0 Å². The van der Waals surface area contributed by atoms with Crippen molar-refractivity contribution in [2.45, 2.75) is 20.2 Å². The van der Waals surface area contributed by atoms with Crippen molar-refractivity contribution in [1.29, 1.82) is 0 Å². The molecule has 1 heterocycles. The van der Waals surface area contributed by atoms with Gasteiger partial charge in [-0.25, -0.2) is 4.79 Å². The van der Waals surface area contributed by atoms with Gasteiger partial charge in [0.15, 0.2) is 0 Å². The van der Waals surface area contributed by atoms with Crippen molar-refractivity contribution in [1.82, 2.24) is 15.3 Å². The lowest BCUT2D eigenvalue weighted by molar-refractivity contribution is -0.0987. The van der Waals surface area contributed by atoms with E-state index in [-0.39, 0.29) is 12.4 Å². The van der Waals surface area contributed by atoms with Crippen molar-refractivity contribution in [3.63, 3.8) is 0 Å². The fraction of sp³-hybridized carbons (Fsp3) is 0.857. The van der Waals surface area contributed by atoms with Gasteiger partial charge >= 0.3 is 6.03 Å². The van der Waals surface area contributed by atoms with Crippen LogP contribution < -0.4 is 5.43 Å². The maximum absolute atomic E-state index is 11.2. The van der Waals surface area contributed by atoms with Crippen LogP contribution in [0.15, 0.2) is 0 Å². The molecule has 12 heavy (non-hydrogen) atoms. The molecule has 1 saturated heterocycles. The van der Waals surface area contributed by atoms with Gasteiger partial charge in [-0.15, -0.1) is 0 Å². The summed E-state index contributed by atoms with van der Waals surface area (Å²) in [6.45, 7) is 5.08. The number of amides is 2. The number of nitrogens with one attached hydrogen (secondary N) is 1. The topological polar surface area (TPSA) is 44.8 Å². The summed E-state index contributed by atoms with van der Waals surface area (Å²) >= 11 is 0. The largest absolute Gasteiger partial charge is 0.344 e. The minimum absolute atomic E-state index is 0.0987. The highest BCUT2D eigenvalue weighted by atomic mass is 16.5. The first kappa shape index (κ1) is 9.28. The number of urea groups is 1. The molecule has 0 spiro atoms. The van der Waals surface area contributed by atoms with E-state index in [2.05, 4.69) is 5.43 Å². The number of rotatable bonds is 3. The van der Waals surface area contributed by atoms with Crippen molar-refractivity contribution >= 4 is 6.03 Å². The van der Waals surface area contributed by atoms with Gasteiger partial charge in [0.2, 0.25) is 6.35 Å². The lowest BCUT2D eigenvalue weighted by Crippen LogP contribution is -2.40. The molecule has 0 aromatic carbocycles. The minimum atomic E-state index is -0.257. The predicted octanol–water partition coefficient (Wildman–Crippen LogP) is 0.198. The van der Waals surface area contributed by atoms with E-state index < -0.39 is 0 Å². The van der Waals surface area contributed by atoms with Crippen LogP contribution in [0.4, 0.5) is 4.79 Å². The number of hydrogen-bond acceptors (Lipinski definition) is 3. The van der Waals surface area contributed by atoms with Crippen LogP contribution in [-0.4, -0.2) is 42.5 Å². The Labute approximate surface area is 72.2 Å². The predicted molar refractivity (Wildman–Crippen MR) is 44.1 cm³/mol. The molecule has 0 aromatic rings. The Morgan fingerprint density at radius 1 is 1.58 bits per heavy atom. The number of hydrogen-bond donors (Lipinski definition) is 1. The molecule has 0 radical (unpaired) electrons. The molecule has 2 amide bonds. The molecular weight excluding hydrogens is 158 g/mol. The van der Waals surface area contributed by atoms with E-state index in [0.717, 1.165) is 0 Å². The molecule has 5 nitrogen and oxygen atoms in total. The standard InChI is InChI=1S/C7H15N3O2/c1-4-10-6(11)8-9(3)7(10)12-5-2/h7H,4-5H2,1-3H3,(H,8,11). The zero-order valence-electron chi connectivity index (χ0n) is 7.70. The van der Waals surface area contributed by atoms with Crippen molar-refractivity contribution < 1.29 is 9.53 Å². The molecule has 1 atom stereocenters. The van der Waals surface area contributed by atoms with E-state index in [1.807, 2.05) is 13.8 Å². The van der Waals surface area contributed by atoms with Crippen LogP contribution >= 0.6 is 0 Å². The number of carbonyl (C=O) groups is 1. The first-order valence-corrected chi connectivity index (χ1v) is 4.12. The fourth-order valence-corrected chi connectivity index (χ4v) is 1.23. The van der Waals surface area contributed by atoms with Crippen LogP contribution in [-0.2, 0) is 4.74 Å². The number of nitrogens with zero attached hydrogens (tertiary/aromatic N) is 2. The Balaban J connectivity index is 2.61. The van der Waals surface area contributed by atoms with Gasteiger partial charge in [0.25, 0.3) is 0 Å². The SMILES string of the molecule is CCOC1N(C)NC(=O)N1CC. The summed E-state index contributed by atoms with van der Waals surface area (Å²) in [5.41, 5.74) is 2.65. The summed E-state index contributed by atoms with van der Waals surface area (Å²) in [5.74, 6) is 0. The highest BCUT2D eigenvalue weighted by Crippen LogP contribution is 2.10. The summed E-state index contributed by atoms with van der Waals surface area (Å²) in [4.78, 5) is 12.8. The molecular formula is C7H15N3O2. The van der Waals surface area contributed by atoms with Gasteiger partial charge in [-0.2, -0.15) is 5.01 Å². The van der Waals surface area contributed by atoms with Gasteiger partial charge in [0, 0.05) is 20.2 Å². The van der Waals surface area contributed by atoms with E-state index in [9.17, 15) is 4.79 Å². The van der Waals surface area contributed by atoms with E-state index in [4.69, 9.17) is 4.74 Å². The van der Waals surface area contributed by atoms with E-state index in [1.165, 1.54) is 0 Å². The minimum Gasteiger partial charge on any atom is -0.344 e. The highest BCUT2D eigenvalue weighted by molar-refractivity contribution is 5.75. The average Bonchev–Trinajstić information content (AvgIpc) is 2.28. The van der Waals surface area contributed by atoms with Crippen LogP contribution in [0.3, 0.4) is 0 Å². The molecule has 1 unspecified atom stereocenters. The van der Waals surface area contributed by atoms with Crippen LogP contribution in [0.1, 0.15) is 13.8 Å². The van der Waals surface area contributed by atoms with Gasteiger partial charge in [0.1, 0.15) is 0 Å². The quantitative estimate of drug-likeness (QED) is 0.663. The summed E-state index contributed by atoms with van der Waals surface area (Å²) < 4.78 is 5.36. The van der Waals surface area contributed by atoms with Crippen LogP contribution in [0.5, 0.6) is 0 Å². The van der Waals surface area contributed by atoms with Gasteiger partial charge in [-0.05, 0) is 13.8 Å². The third kappa shape index (κ3) is 1.51. The first-order valence-electron chi connectivity index (χ1n) is 4.12. The fourth-order valence-electron chi connectivity index (χ4n) is 1.23. The Morgan fingerprint density at radius 3 is 2.75 bits per heavy atom. The van der Waals surface area contributed by atoms with Crippen molar-refractivity contribution in [3.8, 4) is 0 Å². The number of ether oxygens (including phenoxy) is 1. The Bertz CT molecular complexity index is 174. The molecule has 70 valence electrons. The van der Waals surface area contributed by atoms with Gasteiger partial charge in [0.05, 0.1) is 0 Å². The van der Waals surface area contributed by atoms with Crippen molar-refractivity contribution in [3.05, 3.63) is 0 Å². The summed E-state index contributed by atoms with van der Waals surface area (Å²) in [6.07, 6.45) is -0.257. The zero-order valence-corrected chi connectivity index (χ0v) is 7.70. The lowest BCUT2D eigenvalue weighted by atomic mass is 10.6. The second-order valence-electron chi connectivity index (χ2n) is 2.60. The van der Waals surface area contributed by atoms with E-state index in [0.29, 0.717) is 13.2 Å². The Morgan fingerprint density at radius 2 is 2.25 bits per heavy atom. The van der Waals surface area contributed by atoms with Crippen LogP contribution in [0.25, 0.3) is 0 Å². The second-order valence-corrected chi connectivity index (χ2v) is 2.60. The highest BCUT2D eigenvalue weighted by Gasteiger charge is 2.34. The Hall–Kier alpha value is -0.810. The molecule has 1 fully saturated rings. The van der Waals surface area contributed by atoms with Gasteiger partial charge < -0.3 is 4.74 Å². The number of hydrazine groups is 1. The maximum Gasteiger partial charge on any atom is 0.335 e. The summed E-state index contributed by atoms with van der Waals surface area (Å²) in [5, 5.41) is 1.66. The van der Waals surface area contributed by atoms with E-state index >= 15 is 0 Å². The van der Waals surface area contributed by atoms with Crippen LogP contribution in [0, 0.1) is 0 Å². The molecule has 1 N–H and O–H groups in total. The normalized spacial score (nSPS) is 24.8. The first-order chi connectivity index (χ1) is 5.70. The average molecular weight is 173 g/mol. The third-order valence-corrected chi connectivity index (χ3v) is 1.79. The molecule has 0 aliphatic carbocycles. The molecule has 0 saturated carbocycles. The van der Waals surface area contributed by atoms with Crippen LogP contribution in [0.2, 0.25) is 0 Å². The molecule has 5 heteroatoms. The maximum atomic E-state index is 11.2. The molecule has 1 rings (SSSR count). The summed E-state index contributed by atoms with van der Waals surface area (Å²) in [6, 6.07) is -0.0987. The Kier molecular flexibility index (Phi) is 2.88. The smallest absolute Gasteiger partial charge is 0.335 e. The monoisotopic (exact) mass is 173 g/mol. The van der Waals surface area contributed by atoms with Gasteiger partial charge in [-0.3, -0.25) is 10.3 Å². The third-order valence-electron chi connectivity index (χ3n) is 1.79. The molecule has 0 bridgehead atoms. The molecule has 1 aliphatic rings. The summed E-state index contributed by atoms with van der Waals surface area (Å²) in [7, 11) is 1.79. The molecule has 0 aromatic heterocycles. The molecule has 1 aliphatic heterocycles. The second kappa shape index (κ2) is 3.73. The zero-order chi connectivity index (χ0) is 9.14. The lowest BCUT2D eigenvalue weighted by Gasteiger charge is -2.23. The van der Waals surface area contributed by atoms with Crippen molar-refractivity contribution in [2.75, 3.05) is 20.2 Å². The van der Waals surface area contributed by atoms with Gasteiger partial charge in [-0.1, -0.05) is 0 Å². The number of carbonyl (C=O) groups excluding carboxylic acids is 1.